The highest BCUT2D eigenvalue weighted by Gasteiger charge is 2.12. The first kappa shape index (κ1) is 15.7. The van der Waals surface area contributed by atoms with Crippen molar-refractivity contribution in [2.24, 2.45) is 0 Å². The van der Waals surface area contributed by atoms with Crippen LogP contribution in [0.2, 0.25) is 0 Å². The third-order valence-electron chi connectivity index (χ3n) is 3.03. The molecule has 0 aliphatic carbocycles. The van der Waals surface area contributed by atoms with Crippen LogP contribution in [-0.2, 0) is 4.74 Å². The molecule has 0 fully saturated rings. The molecule has 0 heterocycles. The van der Waals surface area contributed by atoms with Gasteiger partial charge in [0.1, 0.15) is 12.4 Å². The van der Waals surface area contributed by atoms with Crippen LogP contribution >= 0.6 is 0 Å². The smallest absolute Gasteiger partial charge is 0.192 e. The number of ether oxygens (including phenoxy) is 2. The molecule has 0 saturated heterocycles. The summed E-state index contributed by atoms with van der Waals surface area (Å²) >= 11 is 0. The third kappa shape index (κ3) is 5.43. The predicted molar refractivity (Wildman–Crippen MR) is 77.0 cm³/mol. The summed E-state index contributed by atoms with van der Waals surface area (Å²) in [6.07, 6.45) is 4.62. The Morgan fingerprint density at radius 1 is 1.21 bits per heavy atom. The second-order valence-electron chi connectivity index (χ2n) is 4.74. The molecule has 0 saturated carbocycles. The Morgan fingerprint density at radius 3 is 2.68 bits per heavy atom. The summed E-state index contributed by atoms with van der Waals surface area (Å²) in [7, 11) is 1.58. The van der Waals surface area contributed by atoms with E-state index in [1.165, 1.54) is 19.3 Å². The van der Waals surface area contributed by atoms with Gasteiger partial charge >= 0.3 is 0 Å². The average Bonchev–Trinajstić information content (AvgIpc) is 2.42. The van der Waals surface area contributed by atoms with Gasteiger partial charge in [0.25, 0.3) is 0 Å². The van der Waals surface area contributed by atoms with Crippen LogP contribution < -0.4 is 4.74 Å². The van der Waals surface area contributed by atoms with E-state index in [-0.39, 0.29) is 12.4 Å². The molecule has 1 aromatic rings. The molecule has 0 spiro atoms. The minimum atomic E-state index is -0.0210. The van der Waals surface area contributed by atoms with Gasteiger partial charge in [-0.1, -0.05) is 32.3 Å². The zero-order chi connectivity index (χ0) is 14.1. The number of methoxy groups -OCH3 is 1. The average molecular weight is 264 g/mol. The number of carbonyl (C=O) groups is 1. The summed E-state index contributed by atoms with van der Waals surface area (Å²) in [5, 5.41) is 0. The van der Waals surface area contributed by atoms with Crippen LogP contribution in [0.25, 0.3) is 0 Å². The minimum absolute atomic E-state index is 0.0210. The first-order valence-electron chi connectivity index (χ1n) is 6.94. The van der Waals surface area contributed by atoms with E-state index in [0.717, 1.165) is 12.0 Å². The van der Waals surface area contributed by atoms with Crippen LogP contribution in [0.1, 0.15) is 48.5 Å². The third-order valence-corrected chi connectivity index (χ3v) is 3.03. The Hall–Kier alpha value is -1.35. The van der Waals surface area contributed by atoms with Crippen LogP contribution in [-0.4, -0.2) is 26.1 Å². The van der Waals surface area contributed by atoms with Crippen LogP contribution in [0, 0.1) is 6.92 Å². The maximum atomic E-state index is 12.0. The normalized spacial score (nSPS) is 10.5. The standard InChI is InChI=1S/C16H24O3/c1-4-5-6-7-10-19-12-15(17)14-9-8-13(2)11-16(14)18-3/h8-9,11H,4-7,10,12H2,1-3H3. The van der Waals surface area contributed by atoms with Crippen molar-refractivity contribution in [3.8, 4) is 5.75 Å². The number of ketones is 1. The number of hydrogen-bond donors (Lipinski definition) is 0. The second-order valence-corrected chi connectivity index (χ2v) is 4.74. The van der Waals surface area contributed by atoms with Crippen molar-refractivity contribution in [1.29, 1.82) is 0 Å². The maximum absolute atomic E-state index is 12.0. The van der Waals surface area contributed by atoms with E-state index in [1.807, 2.05) is 19.1 Å². The number of unbranched alkanes of at least 4 members (excludes halogenated alkanes) is 3. The highest BCUT2D eigenvalue weighted by atomic mass is 16.5. The Balaban J connectivity index is 2.41. The molecular formula is C16H24O3. The van der Waals surface area contributed by atoms with Crippen LogP contribution in [0.5, 0.6) is 5.75 Å². The zero-order valence-electron chi connectivity index (χ0n) is 12.2. The summed E-state index contributed by atoms with van der Waals surface area (Å²) in [5.74, 6) is 0.604. The van der Waals surface area contributed by atoms with Gasteiger partial charge in [-0.05, 0) is 31.0 Å². The summed E-state index contributed by atoms with van der Waals surface area (Å²) in [4.78, 5) is 12.0. The van der Waals surface area contributed by atoms with Crippen LogP contribution in [0.15, 0.2) is 18.2 Å². The van der Waals surface area contributed by atoms with Gasteiger partial charge in [0.2, 0.25) is 0 Å². The van der Waals surface area contributed by atoms with Gasteiger partial charge in [-0.3, -0.25) is 4.79 Å². The van der Waals surface area contributed by atoms with Gasteiger partial charge in [-0.15, -0.1) is 0 Å². The lowest BCUT2D eigenvalue weighted by atomic mass is 10.1. The molecule has 0 radical (unpaired) electrons. The molecule has 19 heavy (non-hydrogen) atoms. The number of rotatable bonds is 9. The number of aryl methyl sites for hydroxylation is 1. The molecule has 0 atom stereocenters. The van der Waals surface area contributed by atoms with Crippen molar-refractivity contribution in [1.82, 2.24) is 0 Å². The quantitative estimate of drug-likeness (QED) is 0.503. The Morgan fingerprint density at radius 2 is 2.00 bits per heavy atom. The maximum Gasteiger partial charge on any atom is 0.192 e. The van der Waals surface area contributed by atoms with Gasteiger partial charge < -0.3 is 9.47 Å². The number of benzene rings is 1. The van der Waals surface area contributed by atoms with Crippen molar-refractivity contribution < 1.29 is 14.3 Å². The van der Waals surface area contributed by atoms with Crippen LogP contribution in [0.4, 0.5) is 0 Å². The fourth-order valence-electron chi connectivity index (χ4n) is 1.90. The SMILES string of the molecule is CCCCCCOCC(=O)c1ccc(C)cc1OC. The van der Waals surface area contributed by atoms with Crippen molar-refractivity contribution in [3.63, 3.8) is 0 Å². The van der Waals surface area contributed by atoms with Crippen molar-refractivity contribution in [2.45, 2.75) is 39.5 Å². The minimum Gasteiger partial charge on any atom is -0.496 e. The lowest BCUT2D eigenvalue weighted by Crippen LogP contribution is -2.11. The van der Waals surface area contributed by atoms with E-state index in [2.05, 4.69) is 6.92 Å². The highest BCUT2D eigenvalue weighted by molar-refractivity contribution is 5.99. The fraction of sp³-hybridized carbons (Fsp3) is 0.562. The second kappa shape index (κ2) is 8.70. The summed E-state index contributed by atoms with van der Waals surface area (Å²) in [6, 6.07) is 5.59. The zero-order valence-corrected chi connectivity index (χ0v) is 12.2. The number of carbonyl (C=O) groups excluding carboxylic acids is 1. The van der Waals surface area contributed by atoms with Gasteiger partial charge in [-0.2, -0.15) is 0 Å². The van der Waals surface area contributed by atoms with E-state index in [9.17, 15) is 4.79 Å². The number of Topliss-reactive ketones (excluding diaryl/α,β-unsaturated/α-hetero) is 1. The van der Waals surface area contributed by atoms with Crippen molar-refractivity contribution in [2.75, 3.05) is 20.3 Å². The molecule has 0 aliphatic rings. The summed E-state index contributed by atoms with van der Waals surface area (Å²) < 4.78 is 10.7. The van der Waals surface area contributed by atoms with E-state index in [1.54, 1.807) is 13.2 Å². The van der Waals surface area contributed by atoms with Crippen LogP contribution in [0.3, 0.4) is 0 Å². The van der Waals surface area contributed by atoms with Gasteiger partial charge in [0.05, 0.1) is 12.7 Å². The van der Waals surface area contributed by atoms with Gasteiger partial charge in [0.15, 0.2) is 5.78 Å². The topological polar surface area (TPSA) is 35.5 Å². The number of hydrogen-bond acceptors (Lipinski definition) is 3. The fourth-order valence-corrected chi connectivity index (χ4v) is 1.90. The molecule has 0 unspecified atom stereocenters. The Labute approximate surface area is 115 Å². The predicted octanol–water partition coefficient (Wildman–Crippen LogP) is 3.78. The Bertz CT molecular complexity index is 399. The lowest BCUT2D eigenvalue weighted by molar-refractivity contribution is 0.0749. The first-order chi connectivity index (χ1) is 9.19. The molecule has 3 nitrogen and oxygen atoms in total. The molecule has 1 aromatic carbocycles. The molecule has 0 bridgehead atoms. The molecule has 3 heteroatoms. The molecule has 0 N–H and O–H groups in total. The molecule has 0 aliphatic heterocycles. The molecular weight excluding hydrogens is 240 g/mol. The summed E-state index contributed by atoms with van der Waals surface area (Å²) in [6.45, 7) is 4.93. The van der Waals surface area contributed by atoms with Crippen molar-refractivity contribution in [3.05, 3.63) is 29.3 Å². The van der Waals surface area contributed by atoms with E-state index < -0.39 is 0 Å². The van der Waals surface area contributed by atoms with E-state index in [0.29, 0.717) is 17.9 Å². The molecule has 0 amide bonds. The summed E-state index contributed by atoms with van der Waals surface area (Å²) in [5.41, 5.74) is 1.68. The van der Waals surface area contributed by atoms with Gasteiger partial charge in [0, 0.05) is 6.61 Å². The first-order valence-corrected chi connectivity index (χ1v) is 6.94. The lowest BCUT2D eigenvalue weighted by Gasteiger charge is -2.09. The van der Waals surface area contributed by atoms with E-state index >= 15 is 0 Å². The van der Waals surface area contributed by atoms with Crippen molar-refractivity contribution >= 4 is 5.78 Å². The molecule has 106 valence electrons. The van der Waals surface area contributed by atoms with E-state index in [4.69, 9.17) is 9.47 Å². The Kier molecular flexibility index (Phi) is 7.19. The molecule has 1 rings (SSSR count). The molecule has 0 aromatic heterocycles. The van der Waals surface area contributed by atoms with Gasteiger partial charge in [-0.25, -0.2) is 0 Å². The monoisotopic (exact) mass is 264 g/mol. The highest BCUT2D eigenvalue weighted by Crippen LogP contribution is 2.20. The largest absolute Gasteiger partial charge is 0.496 e.